The van der Waals surface area contributed by atoms with Crippen molar-refractivity contribution in [3.63, 3.8) is 0 Å². The highest BCUT2D eigenvalue weighted by Crippen LogP contribution is 2.47. The lowest BCUT2D eigenvalue weighted by molar-refractivity contribution is -0.232. The van der Waals surface area contributed by atoms with E-state index in [0.29, 0.717) is 6.42 Å². The number of hydrogen-bond donors (Lipinski definition) is 1. The molecular weight excluding hydrogens is 403 g/mol. The smallest absolute Gasteiger partial charge is 0.319 e. The van der Waals surface area contributed by atoms with Gasteiger partial charge in [-0.05, 0) is 41.5 Å². The van der Waals surface area contributed by atoms with Crippen LogP contribution in [0, 0.1) is 0 Å². The highest BCUT2D eigenvalue weighted by atomic mass is 31.2. The summed E-state index contributed by atoms with van der Waals surface area (Å²) >= 11 is 0. The van der Waals surface area contributed by atoms with Gasteiger partial charge in [-0.15, -0.1) is 0 Å². The molecule has 2 aliphatic heterocycles. The van der Waals surface area contributed by atoms with E-state index in [9.17, 15) is 14.6 Å². The maximum atomic E-state index is 12.5. The van der Waals surface area contributed by atoms with Crippen molar-refractivity contribution in [2.24, 2.45) is 0 Å². The summed E-state index contributed by atoms with van der Waals surface area (Å²) in [6, 6.07) is 0. The normalized spacial score (nSPS) is 37.2. The first-order valence-electron chi connectivity index (χ1n) is 10.0. The van der Waals surface area contributed by atoms with E-state index in [4.69, 9.17) is 28.0 Å². The van der Waals surface area contributed by atoms with Crippen molar-refractivity contribution in [3.05, 3.63) is 12.3 Å². The Kier molecular flexibility index (Phi) is 8.71. The van der Waals surface area contributed by atoms with Crippen molar-refractivity contribution >= 4 is 7.82 Å². The molecule has 4 unspecified atom stereocenters. The van der Waals surface area contributed by atoms with E-state index < -0.39 is 38.3 Å². The number of phosphoric ester groups is 1. The van der Waals surface area contributed by atoms with Crippen molar-refractivity contribution in [1.29, 1.82) is 0 Å². The van der Waals surface area contributed by atoms with Gasteiger partial charge in [0.1, 0.15) is 30.2 Å². The molecule has 0 spiro atoms. The van der Waals surface area contributed by atoms with Gasteiger partial charge in [-0.1, -0.05) is 6.58 Å². The predicted octanol–water partition coefficient (Wildman–Crippen LogP) is 1.91. The third-order valence-electron chi connectivity index (χ3n) is 4.69. The molecule has 2 heterocycles. The van der Waals surface area contributed by atoms with Crippen LogP contribution >= 0.6 is 7.82 Å². The minimum Gasteiger partial charge on any atom is -0.746 e. The van der Waals surface area contributed by atoms with Crippen LogP contribution in [0.25, 0.3) is 0 Å². The van der Waals surface area contributed by atoms with E-state index >= 15 is 0 Å². The lowest BCUT2D eigenvalue weighted by Crippen LogP contribution is -2.38. The van der Waals surface area contributed by atoms with Gasteiger partial charge in [0.25, 0.3) is 0 Å². The van der Waals surface area contributed by atoms with E-state index in [1.165, 1.54) is 0 Å². The molecule has 1 N–H and O–H groups in total. The molecule has 2 aliphatic rings. The quantitative estimate of drug-likeness (QED) is 0.404. The highest BCUT2D eigenvalue weighted by molar-refractivity contribution is 7.46. The van der Waals surface area contributed by atoms with E-state index in [1.54, 1.807) is 6.92 Å². The van der Waals surface area contributed by atoms with Crippen LogP contribution in [0.5, 0.6) is 0 Å². The molecule has 0 amide bonds. The molecule has 10 heteroatoms. The topological polar surface area (TPSA) is 116 Å². The van der Waals surface area contributed by atoms with Gasteiger partial charge in [0.05, 0.1) is 37.1 Å². The van der Waals surface area contributed by atoms with Crippen LogP contribution in [0.2, 0.25) is 0 Å². The molecule has 2 rings (SSSR count). The number of ether oxygens (including phenoxy) is 4. The Hall–Kier alpha value is -0.510. The first-order chi connectivity index (χ1) is 13.4. The zero-order valence-corrected chi connectivity index (χ0v) is 18.9. The maximum Gasteiger partial charge on any atom is 0.319 e. The standard InChI is InChI=1S/C19H35O9P/c1-10(2)23-9-16-19(17(20)13(6)26-16)28-29(21,22)27-14(7)18-15(24-11(3)4)8-12(5)25-18/h10-13,15-20H,7-9H2,1-6H3,(H,21,22)/p-1/t12-,13-,15?,16+,17?,18+,19?/m0/s1. The molecule has 2 fully saturated rings. The van der Waals surface area contributed by atoms with Crippen LogP contribution in [0.3, 0.4) is 0 Å². The van der Waals surface area contributed by atoms with E-state index in [2.05, 4.69) is 6.58 Å². The Bertz CT molecular complexity index is 596. The van der Waals surface area contributed by atoms with Gasteiger partial charge in [0.2, 0.25) is 0 Å². The average Bonchev–Trinajstić information content (AvgIpc) is 3.06. The Morgan fingerprint density at radius 3 is 2.48 bits per heavy atom. The van der Waals surface area contributed by atoms with Crippen LogP contribution in [-0.4, -0.2) is 66.6 Å². The van der Waals surface area contributed by atoms with Gasteiger partial charge in [-0.3, -0.25) is 4.57 Å². The van der Waals surface area contributed by atoms with E-state index in [-0.39, 0.29) is 36.8 Å². The molecule has 0 aliphatic carbocycles. The molecule has 0 aromatic heterocycles. The van der Waals surface area contributed by atoms with Gasteiger partial charge < -0.3 is 38.0 Å². The average molecular weight is 437 g/mol. The number of aliphatic hydroxyl groups excluding tert-OH is 1. The molecule has 2 saturated heterocycles. The number of hydrogen-bond acceptors (Lipinski definition) is 9. The fraction of sp³-hybridized carbons (Fsp3) is 0.895. The van der Waals surface area contributed by atoms with Crippen LogP contribution in [0.4, 0.5) is 0 Å². The second-order valence-corrected chi connectivity index (χ2v) is 9.44. The van der Waals surface area contributed by atoms with Crippen LogP contribution < -0.4 is 4.89 Å². The second-order valence-electron chi connectivity index (χ2n) is 8.15. The third kappa shape index (κ3) is 7.01. The van der Waals surface area contributed by atoms with Gasteiger partial charge in [0.15, 0.2) is 0 Å². The Morgan fingerprint density at radius 2 is 1.90 bits per heavy atom. The maximum absolute atomic E-state index is 12.5. The first-order valence-corrected chi connectivity index (χ1v) is 11.5. The van der Waals surface area contributed by atoms with Crippen molar-refractivity contribution in [3.8, 4) is 0 Å². The van der Waals surface area contributed by atoms with Crippen LogP contribution in [0.15, 0.2) is 12.3 Å². The number of rotatable bonds is 10. The molecule has 0 bridgehead atoms. The molecule has 9 nitrogen and oxygen atoms in total. The fourth-order valence-corrected chi connectivity index (χ4v) is 4.44. The highest BCUT2D eigenvalue weighted by Gasteiger charge is 2.45. The molecule has 8 atom stereocenters. The molecule has 0 aromatic carbocycles. The van der Waals surface area contributed by atoms with E-state index in [1.807, 2.05) is 34.6 Å². The summed E-state index contributed by atoms with van der Waals surface area (Å²) in [6.07, 6.45) is -4.42. The summed E-state index contributed by atoms with van der Waals surface area (Å²) < 4.78 is 45.3. The van der Waals surface area contributed by atoms with Crippen molar-refractivity contribution in [2.75, 3.05) is 6.61 Å². The molecule has 0 saturated carbocycles. The number of aliphatic hydroxyl groups is 1. The van der Waals surface area contributed by atoms with Crippen molar-refractivity contribution in [2.45, 2.75) is 103 Å². The minimum absolute atomic E-state index is 0.0616. The van der Waals surface area contributed by atoms with Crippen LogP contribution in [0.1, 0.15) is 48.0 Å². The molecule has 0 aromatic rings. The summed E-state index contributed by atoms with van der Waals surface area (Å²) in [5.74, 6) is -0.116. The molecule has 170 valence electrons. The predicted molar refractivity (Wildman–Crippen MR) is 103 cm³/mol. The second kappa shape index (κ2) is 10.2. The van der Waals surface area contributed by atoms with Gasteiger partial charge in [0, 0.05) is 6.42 Å². The first kappa shape index (κ1) is 24.8. The van der Waals surface area contributed by atoms with Crippen molar-refractivity contribution < 1.29 is 42.6 Å². The lowest BCUT2D eigenvalue weighted by Gasteiger charge is -2.32. The molecular formula is C19H34O9P-. The lowest BCUT2D eigenvalue weighted by atomic mass is 10.1. The molecule has 0 radical (unpaired) electrons. The Morgan fingerprint density at radius 1 is 1.24 bits per heavy atom. The zero-order chi connectivity index (χ0) is 21.9. The zero-order valence-electron chi connectivity index (χ0n) is 18.0. The summed E-state index contributed by atoms with van der Waals surface area (Å²) in [5, 5.41) is 10.3. The van der Waals surface area contributed by atoms with Crippen molar-refractivity contribution in [1.82, 2.24) is 0 Å². The van der Waals surface area contributed by atoms with E-state index in [0.717, 1.165) is 0 Å². The fourth-order valence-electron chi connectivity index (χ4n) is 3.44. The summed E-state index contributed by atoms with van der Waals surface area (Å²) in [6.45, 7) is 14.7. The van der Waals surface area contributed by atoms with Gasteiger partial charge in [-0.25, -0.2) is 0 Å². The Balaban J connectivity index is 2.01. The monoisotopic (exact) mass is 437 g/mol. The number of phosphoric acid groups is 1. The van der Waals surface area contributed by atoms with Crippen LogP contribution in [-0.2, 0) is 32.6 Å². The van der Waals surface area contributed by atoms with Gasteiger partial charge in [-0.2, -0.15) is 0 Å². The SMILES string of the molecule is C=C(OP(=O)([O-])OC1C(O)[C@H](C)O[C@@H]1COC(C)C)[C@H]1O[C@@H](C)CC1OC(C)C. The summed E-state index contributed by atoms with van der Waals surface area (Å²) in [5.41, 5.74) is 0. The largest absolute Gasteiger partial charge is 0.746 e. The molecule has 29 heavy (non-hydrogen) atoms. The van der Waals surface area contributed by atoms with Gasteiger partial charge >= 0.3 is 7.82 Å². The summed E-state index contributed by atoms with van der Waals surface area (Å²) in [4.78, 5) is 12.5. The third-order valence-corrected chi connectivity index (χ3v) is 5.65. The minimum atomic E-state index is -4.86. The Labute approximate surface area is 172 Å². The summed E-state index contributed by atoms with van der Waals surface area (Å²) in [7, 11) is -4.86.